The van der Waals surface area contributed by atoms with Gasteiger partial charge < -0.3 is 16.0 Å². The van der Waals surface area contributed by atoms with E-state index in [0.717, 1.165) is 0 Å². The van der Waals surface area contributed by atoms with E-state index in [1.54, 1.807) is 0 Å². The predicted molar refractivity (Wildman–Crippen MR) is 52.6 cm³/mol. The SMILES string of the molecule is NC(=O)c1noc(-c2cccc(F)c2N)n1. The van der Waals surface area contributed by atoms with Crippen LogP contribution in [0.1, 0.15) is 10.6 Å². The summed E-state index contributed by atoms with van der Waals surface area (Å²) >= 11 is 0. The number of amides is 1. The lowest BCUT2D eigenvalue weighted by Crippen LogP contribution is -2.12. The summed E-state index contributed by atoms with van der Waals surface area (Å²) in [4.78, 5) is 14.4. The maximum atomic E-state index is 13.1. The number of carbonyl (C=O) groups is 1. The van der Waals surface area contributed by atoms with Crippen LogP contribution in [0.4, 0.5) is 10.1 Å². The van der Waals surface area contributed by atoms with Crippen LogP contribution in [0.3, 0.4) is 0 Å². The van der Waals surface area contributed by atoms with Gasteiger partial charge in [0.15, 0.2) is 0 Å². The van der Waals surface area contributed by atoms with Crippen molar-refractivity contribution in [3.63, 3.8) is 0 Å². The molecule has 1 heterocycles. The highest BCUT2D eigenvalue weighted by Crippen LogP contribution is 2.25. The number of benzene rings is 1. The number of hydrogen-bond donors (Lipinski definition) is 2. The number of nitrogens with zero attached hydrogens (tertiary/aromatic N) is 2. The van der Waals surface area contributed by atoms with Crippen molar-refractivity contribution >= 4 is 11.6 Å². The monoisotopic (exact) mass is 222 g/mol. The Morgan fingerprint density at radius 3 is 2.81 bits per heavy atom. The van der Waals surface area contributed by atoms with Crippen molar-refractivity contribution in [3.8, 4) is 11.5 Å². The molecule has 6 nitrogen and oxygen atoms in total. The van der Waals surface area contributed by atoms with Crippen LogP contribution in [0.25, 0.3) is 11.5 Å². The third kappa shape index (κ3) is 1.58. The molecule has 7 heteroatoms. The third-order valence-corrected chi connectivity index (χ3v) is 1.93. The summed E-state index contributed by atoms with van der Waals surface area (Å²) < 4.78 is 17.9. The molecule has 0 bridgehead atoms. The van der Waals surface area contributed by atoms with Crippen LogP contribution in [0.15, 0.2) is 22.7 Å². The van der Waals surface area contributed by atoms with Gasteiger partial charge in [-0.25, -0.2) is 4.39 Å². The molecule has 16 heavy (non-hydrogen) atoms. The maximum absolute atomic E-state index is 13.1. The number of hydrogen-bond acceptors (Lipinski definition) is 5. The topological polar surface area (TPSA) is 108 Å². The fraction of sp³-hybridized carbons (Fsp3) is 0. The van der Waals surface area contributed by atoms with Crippen LogP contribution >= 0.6 is 0 Å². The van der Waals surface area contributed by atoms with E-state index in [9.17, 15) is 9.18 Å². The largest absolute Gasteiger partial charge is 0.396 e. The van der Waals surface area contributed by atoms with Gasteiger partial charge in [0.2, 0.25) is 0 Å². The molecule has 0 saturated heterocycles. The van der Waals surface area contributed by atoms with Gasteiger partial charge in [0, 0.05) is 0 Å². The zero-order valence-corrected chi connectivity index (χ0v) is 7.98. The molecule has 1 amide bonds. The molecule has 82 valence electrons. The standard InChI is InChI=1S/C9H7FN4O2/c10-5-3-1-2-4(6(5)11)9-13-8(7(12)15)14-16-9/h1-3H,11H2,(H2,12,15). The van der Waals surface area contributed by atoms with Gasteiger partial charge in [-0.2, -0.15) is 4.98 Å². The Morgan fingerprint density at radius 1 is 1.44 bits per heavy atom. The average molecular weight is 222 g/mol. The number of para-hydroxylation sites is 1. The quantitative estimate of drug-likeness (QED) is 0.721. The lowest BCUT2D eigenvalue weighted by molar-refractivity contribution is 0.0987. The van der Waals surface area contributed by atoms with Crippen molar-refractivity contribution in [1.29, 1.82) is 0 Å². The lowest BCUT2D eigenvalue weighted by atomic mass is 10.2. The highest BCUT2D eigenvalue weighted by molar-refractivity contribution is 5.89. The summed E-state index contributed by atoms with van der Waals surface area (Å²) in [5.41, 5.74) is 10.5. The van der Waals surface area contributed by atoms with Crippen LogP contribution in [0.2, 0.25) is 0 Å². The molecular weight excluding hydrogens is 215 g/mol. The highest BCUT2D eigenvalue weighted by Gasteiger charge is 2.16. The van der Waals surface area contributed by atoms with E-state index in [1.165, 1.54) is 18.2 Å². The molecule has 0 spiro atoms. The number of nitrogen functional groups attached to an aromatic ring is 1. The Morgan fingerprint density at radius 2 is 2.19 bits per heavy atom. The first-order valence-electron chi connectivity index (χ1n) is 4.27. The average Bonchev–Trinajstić information content (AvgIpc) is 2.71. The van der Waals surface area contributed by atoms with E-state index in [0.29, 0.717) is 0 Å². The van der Waals surface area contributed by atoms with Crippen LogP contribution in [-0.4, -0.2) is 16.0 Å². The van der Waals surface area contributed by atoms with E-state index in [4.69, 9.17) is 16.0 Å². The Labute approximate surface area is 89.0 Å². The first-order valence-corrected chi connectivity index (χ1v) is 4.27. The molecule has 4 N–H and O–H groups in total. The molecule has 0 atom stereocenters. The first-order chi connectivity index (χ1) is 7.59. The van der Waals surface area contributed by atoms with Crippen molar-refractivity contribution in [3.05, 3.63) is 29.8 Å². The Kier molecular flexibility index (Phi) is 2.28. The number of rotatable bonds is 2. The number of nitrogens with two attached hydrogens (primary N) is 2. The Hall–Kier alpha value is -2.44. The first kappa shape index (κ1) is 10.1. The zero-order chi connectivity index (χ0) is 11.7. The molecule has 0 aliphatic heterocycles. The normalized spacial score (nSPS) is 10.3. The Balaban J connectivity index is 2.50. The number of halogens is 1. The molecule has 0 aliphatic carbocycles. The van der Waals surface area contributed by atoms with Crippen LogP contribution in [0, 0.1) is 5.82 Å². The van der Waals surface area contributed by atoms with Crippen molar-refractivity contribution in [2.45, 2.75) is 0 Å². The van der Waals surface area contributed by atoms with Crippen molar-refractivity contribution in [1.82, 2.24) is 10.1 Å². The third-order valence-electron chi connectivity index (χ3n) is 1.93. The minimum absolute atomic E-state index is 0.0502. The highest BCUT2D eigenvalue weighted by atomic mass is 19.1. The van der Waals surface area contributed by atoms with Gasteiger partial charge in [-0.1, -0.05) is 11.2 Å². The zero-order valence-electron chi connectivity index (χ0n) is 7.98. The molecule has 0 saturated carbocycles. The van der Waals surface area contributed by atoms with Crippen molar-refractivity contribution < 1.29 is 13.7 Å². The summed E-state index contributed by atoms with van der Waals surface area (Å²) in [6, 6.07) is 4.13. The smallest absolute Gasteiger partial charge is 0.290 e. The summed E-state index contributed by atoms with van der Waals surface area (Å²) in [5, 5.41) is 3.32. The summed E-state index contributed by atoms with van der Waals surface area (Å²) in [6.45, 7) is 0. The van der Waals surface area contributed by atoms with Gasteiger partial charge in [0.1, 0.15) is 5.82 Å². The molecule has 2 aromatic rings. The van der Waals surface area contributed by atoms with Gasteiger partial charge in [-0.3, -0.25) is 4.79 Å². The fourth-order valence-corrected chi connectivity index (χ4v) is 1.16. The minimum Gasteiger partial charge on any atom is -0.396 e. The minimum atomic E-state index is -0.829. The second kappa shape index (κ2) is 3.61. The Bertz CT molecular complexity index is 552. The molecule has 0 fully saturated rings. The molecule has 0 unspecified atom stereocenters. The summed E-state index contributed by atoms with van der Waals surface area (Å²) in [5.74, 6) is -1.76. The number of aromatic nitrogens is 2. The van der Waals surface area contributed by atoms with Gasteiger partial charge in [-0.05, 0) is 12.1 Å². The lowest BCUT2D eigenvalue weighted by Gasteiger charge is -2.00. The van der Waals surface area contributed by atoms with Crippen molar-refractivity contribution in [2.24, 2.45) is 5.73 Å². The molecular formula is C9H7FN4O2. The number of anilines is 1. The van der Waals surface area contributed by atoms with Crippen LogP contribution in [-0.2, 0) is 0 Å². The number of carbonyl (C=O) groups excluding carboxylic acids is 1. The van der Waals surface area contributed by atoms with E-state index in [2.05, 4.69) is 10.1 Å². The molecule has 2 rings (SSSR count). The second-order valence-corrected chi connectivity index (χ2v) is 2.99. The van der Waals surface area contributed by atoms with E-state index < -0.39 is 11.7 Å². The predicted octanol–water partition coefficient (Wildman–Crippen LogP) is 0.557. The summed E-state index contributed by atoms with van der Waals surface area (Å²) in [6.07, 6.45) is 0. The number of primary amides is 1. The molecule has 0 aliphatic rings. The van der Waals surface area contributed by atoms with E-state index in [1.807, 2.05) is 0 Å². The molecule has 0 radical (unpaired) electrons. The van der Waals surface area contributed by atoms with Crippen molar-refractivity contribution in [2.75, 3.05) is 5.73 Å². The van der Waals surface area contributed by atoms with Gasteiger partial charge in [0.25, 0.3) is 17.6 Å². The van der Waals surface area contributed by atoms with Crippen LogP contribution < -0.4 is 11.5 Å². The van der Waals surface area contributed by atoms with E-state index >= 15 is 0 Å². The molecule has 1 aromatic heterocycles. The van der Waals surface area contributed by atoms with Gasteiger partial charge >= 0.3 is 0 Å². The van der Waals surface area contributed by atoms with Gasteiger partial charge in [-0.15, -0.1) is 0 Å². The van der Waals surface area contributed by atoms with Gasteiger partial charge in [0.05, 0.1) is 11.3 Å². The second-order valence-electron chi connectivity index (χ2n) is 2.99. The maximum Gasteiger partial charge on any atom is 0.290 e. The summed E-state index contributed by atoms with van der Waals surface area (Å²) in [7, 11) is 0. The van der Waals surface area contributed by atoms with E-state index in [-0.39, 0.29) is 23.0 Å². The molecule has 1 aromatic carbocycles. The fourth-order valence-electron chi connectivity index (χ4n) is 1.16. The van der Waals surface area contributed by atoms with Crippen LogP contribution in [0.5, 0.6) is 0 Å².